The van der Waals surface area contributed by atoms with Crippen LogP contribution in [-0.2, 0) is 9.59 Å². The fraction of sp³-hybridized carbons (Fsp3) is 0.600. The minimum atomic E-state index is -0.770. The molecule has 1 saturated heterocycles. The van der Waals surface area contributed by atoms with Gasteiger partial charge in [-0.3, -0.25) is 9.59 Å². The van der Waals surface area contributed by atoms with Gasteiger partial charge in [-0.15, -0.1) is 0 Å². The van der Waals surface area contributed by atoms with Crippen molar-refractivity contribution in [3.05, 3.63) is 24.3 Å². The average Bonchev–Trinajstić information content (AvgIpc) is 3.37. The summed E-state index contributed by atoms with van der Waals surface area (Å²) < 4.78 is 11.3. The van der Waals surface area contributed by atoms with E-state index in [9.17, 15) is 14.7 Å². The number of carbonyl (C=O) groups excluding carboxylic acids is 1. The number of carboxylic acid groups (broad SMARTS) is 1. The van der Waals surface area contributed by atoms with Gasteiger partial charge in [0.2, 0.25) is 5.91 Å². The molecule has 0 aromatic heterocycles. The second-order valence-corrected chi connectivity index (χ2v) is 7.08. The van der Waals surface area contributed by atoms with E-state index in [0.29, 0.717) is 56.6 Å². The van der Waals surface area contributed by atoms with Crippen LogP contribution in [0.4, 0.5) is 0 Å². The number of likely N-dealkylation sites (tertiary alicyclic amines) is 1. The SMILES string of the molecule is CCOc1ccccc1OCCCC(=O)N1C[C@H](C(=O)O)[C@@H](C2CC2)C1. The van der Waals surface area contributed by atoms with Crippen LogP contribution in [0.2, 0.25) is 0 Å². The summed E-state index contributed by atoms with van der Waals surface area (Å²) in [5.74, 6) is 0.869. The normalized spacial score (nSPS) is 22.3. The van der Waals surface area contributed by atoms with E-state index >= 15 is 0 Å². The molecule has 0 spiro atoms. The predicted molar refractivity (Wildman–Crippen MR) is 96.3 cm³/mol. The van der Waals surface area contributed by atoms with Crippen molar-refractivity contribution in [3.63, 3.8) is 0 Å². The Morgan fingerprint density at radius 1 is 1.15 bits per heavy atom. The van der Waals surface area contributed by atoms with Crippen LogP contribution in [-0.4, -0.2) is 48.2 Å². The zero-order valence-corrected chi connectivity index (χ0v) is 15.2. The van der Waals surface area contributed by atoms with E-state index in [0.717, 1.165) is 12.8 Å². The molecule has 6 nitrogen and oxygen atoms in total. The van der Waals surface area contributed by atoms with Crippen LogP contribution in [0.5, 0.6) is 11.5 Å². The molecule has 26 heavy (non-hydrogen) atoms. The summed E-state index contributed by atoms with van der Waals surface area (Å²) in [6.07, 6.45) is 3.18. The number of ether oxygens (including phenoxy) is 2. The molecule has 1 amide bonds. The van der Waals surface area contributed by atoms with Gasteiger partial charge in [0.1, 0.15) is 0 Å². The Kier molecular flexibility index (Phi) is 6.01. The third-order valence-corrected chi connectivity index (χ3v) is 5.20. The number of hydrogen-bond acceptors (Lipinski definition) is 4. The summed E-state index contributed by atoms with van der Waals surface area (Å²) >= 11 is 0. The third-order valence-electron chi connectivity index (χ3n) is 5.20. The highest BCUT2D eigenvalue weighted by Crippen LogP contribution is 2.44. The number of nitrogens with zero attached hydrogens (tertiary/aromatic N) is 1. The molecule has 1 aliphatic carbocycles. The molecule has 3 rings (SSSR count). The first-order chi connectivity index (χ1) is 12.6. The summed E-state index contributed by atoms with van der Waals surface area (Å²) in [4.78, 5) is 25.6. The number of rotatable bonds is 9. The highest BCUT2D eigenvalue weighted by molar-refractivity contribution is 5.79. The molecule has 2 aliphatic rings. The molecule has 1 heterocycles. The molecule has 1 aromatic carbocycles. The fourth-order valence-electron chi connectivity index (χ4n) is 3.70. The highest BCUT2D eigenvalue weighted by atomic mass is 16.5. The van der Waals surface area contributed by atoms with Crippen LogP contribution >= 0.6 is 0 Å². The average molecular weight is 361 g/mol. The van der Waals surface area contributed by atoms with Gasteiger partial charge in [0, 0.05) is 19.5 Å². The number of para-hydroxylation sites is 2. The van der Waals surface area contributed by atoms with E-state index < -0.39 is 11.9 Å². The number of benzene rings is 1. The van der Waals surface area contributed by atoms with Crippen LogP contribution in [0.25, 0.3) is 0 Å². The summed E-state index contributed by atoms with van der Waals surface area (Å²) in [6, 6.07) is 7.49. The molecule has 142 valence electrons. The van der Waals surface area contributed by atoms with Gasteiger partial charge >= 0.3 is 5.97 Å². The van der Waals surface area contributed by atoms with Crippen molar-refractivity contribution in [2.24, 2.45) is 17.8 Å². The van der Waals surface area contributed by atoms with Gasteiger partial charge in [-0.2, -0.15) is 0 Å². The second kappa shape index (κ2) is 8.43. The number of carboxylic acids is 1. The quantitative estimate of drug-likeness (QED) is 0.685. The second-order valence-electron chi connectivity index (χ2n) is 7.08. The van der Waals surface area contributed by atoms with Gasteiger partial charge in [0.15, 0.2) is 11.5 Å². The van der Waals surface area contributed by atoms with Gasteiger partial charge in [-0.25, -0.2) is 0 Å². The zero-order chi connectivity index (χ0) is 18.5. The van der Waals surface area contributed by atoms with E-state index in [1.54, 1.807) is 4.90 Å². The van der Waals surface area contributed by atoms with E-state index in [1.165, 1.54) is 0 Å². The number of amides is 1. The molecule has 1 aliphatic heterocycles. The van der Waals surface area contributed by atoms with Gasteiger partial charge in [0.05, 0.1) is 19.1 Å². The lowest BCUT2D eigenvalue weighted by Gasteiger charge is -2.16. The number of hydrogen-bond donors (Lipinski definition) is 1. The first-order valence-corrected chi connectivity index (χ1v) is 9.45. The van der Waals surface area contributed by atoms with Crippen molar-refractivity contribution in [2.75, 3.05) is 26.3 Å². The maximum atomic E-state index is 12.4. The first-order valence-electron chi connectivity index (χ1n) is 9.45. The molecule has 1 aromatic rings. The molecular weight excluding hydrogens is 334 g/mol. The lowest BCUT2D eigenvalue weighted by molar-refractivity contribution is -0.142. The standard InChI is InChI=1S/C20H27NO5/c1-2-25-17-6-3-4-7-18(17)26-11-5-8-19(22)21-12-15(14-9-10-14)16(13-21)20(23)24/h3-4,6-7,14-16H,2,5,8-13H2,1H3,(H,23,24)/t15-,16+/m1/s1. The van der Waals surface area contributed by atoms with E-state index in [2.05, 4.69) is 0 Å². The van der Waals surface area contributed by atoms with Gasteiger partial charge in [-0.05, 0) is 50.2 Å². The molecule has 1 N–H and O–H groups in total. The van der Waals surface area contributed by atoms with Crippen molar-refractivity contribution < 1.29 is 24.2 Å². The minimum Gasteiger partial charge on any atom is -0.490 e. The van der Waals surface area contributed by atoms with E-state index in [4.69, 9.17) is 9.47 Å². The van der Waals surface area contributed by atoms with Crippen LogP contribution < -0.4 is 9.47 Å². The molecule has 2 atom stereocenters. The van der Waals surface area contributed by atoms with Crippen molar-refractivity contribution in [3.8, 4) is 11.5 Å². The van der Waals surface area contributed by atoms with Crippen LogP contribution in [0, 0.1) is 17.8 Å². The predicted octanol–water partition coefficient (Wildman–Crippen LogP) is 2.81. The topological polar surface area (TPSA) is 76.1 Å². The van der Waals surface area contributed by atoms with Crippen molar-refractivity contribution >= 4 is 11.9 Å². The number of aliphatic carboxylic acids is 1. The lowest BCUT2D eigenvalue weighted by atomic mass is 9.92. The Labute approximate surface area is 154 Å². The van der Waals surface area contributed by atoms with E-state index in [1.807, 2.05) is 31.2 Å². The van der Waals surface area contributed by atoms with Crippen molar-refractivity contribution in [2.45, 2.75) is 32.6 Å². The summed E-state index contributed by atoms with van der Waals surface area (Å²) in [5, 5.41) is 9.40. The van der Waals surface area contributed by atoms with Crippen LogP contribution in [0.1, 0.15) is 32.6 Å². The van der Waals surface area contributed by atoms with E-state index in [-0.39, 0.29) is 11.8 Å². The summed E-state index contributed by atoms with van der Waals surface area (Å²) in [6.45, 7) is 3.86. The smallest absolute Gasteiger partial charge is 0.308 e. The van der Waals surface area contributed by atoms with Crippen LogP contribution in [0.15, 0.2) is 24.3 Å². The summed E-state index contributed by atoms with van der Waals surface area (Å²) in [5.41, 5.74) is 0. The molecular formula is C20H27NO5. The zero-order valence-electron chi connectivity index (χ0n) is 15.2. The Morgan fingerprint density at radius 2 is 1.85 bits per heavy atom. The Hall–Kier alpha value is -2.24. The van der Waals surface area contributed by atoms with Crippen molar-refractivity contribution in [1.29, 1.82) is 0 Å². The largest absolute Gasteiger partial charge is 0.490 e. The molecule has 0 radical (unpaired) electrons. The monoisotopic (exact) mass is 361 g/mol. The summed E-state index contributed by atoms with van der Waals surface area (Å²) in [7, 11) is 0. The third kappa shape index (κ3) is 4.48. The molecule has 2 fully saturated rings. The highest BCUT2D eigenvalue weighted by Gasteiger charge is 2.46. The maximum Gasteiger partial charge on any atom is 0.308 e. The molecule has 1 saturated carbocycles. The molecule has 0 bridgehead atoms. The van der Waals surface area contributed by atoms with Crippen LogP contribution in [0.3, 0.4) is 0 Å². The Morgan fingerprint density at radius 3 is 2.46 bits per heavy atom. The van der Waals surface area contributed by atoms with Gasteiger partial charge in [0.25, 0.3) is 0 Å². The maximum absolute atomic E-state index is 12.4. The lowest BCUT2D eigenvalue weighted by Crippen LogP contribution is -2.30. The number of carbonyl (C=O) groups is 2. The van der Waals surface area contributed by atoms with Gasteiger partial charge in [-0.1, -0.05) is 12.1 Å². The first kappa shape index (κ1) is 18.5. The fourth-order valence-corrected chi connectivity index (χ4v) is 3.70. The Bertz CT molecular complexity index is 643. The minimum absolute atomic E-state index is 0.0288. The Balaban J connectivity index is 1.44. The molecule has 6 heteroatoms. The van der Waals surface area contributed by atoms with Gasteiger partial charge < -0.3 is 19.5 Å². The molecule has 0 unspecified atom stereocenters. The van der Waals surface area contributed by atoms with Crippen molar-refractivity contribution in [1.82, 2.24) is 4.90 Å².